The summed E-state index contributed by atoms with van der Waals surface area (Å²) in [4.78, 5) is 14.8. The van der Waals surface area contributed by atoms with Crippen LogP contribution in [-0.2, 0) is 11.2 Å². The van der Waals surface area contributed by atoms with E-state index in [9.17, 15) is 4.79 Å². The van der Waals surface area contributed by atoms with Crippen LogP contribution in [0.3, 0.4) is 0 Å². The van der Waals surface area contributed by atoms with E-state index in [0.717, 1.165) is 70.1 Å². The van der Waals surface area contributed by atoms with Crippen molar-refractivity contribution in [2.24, 2.45) is 11.8 Å². The van der Waals surface area contributed by atoms with Crippen LogP contribution in [0, 0.1) is 11.8 Å². The van der Waals surface area contributed by atoms with E-state index in [4.69, 9.17) is 4.74 Å². The van der Waals surface area contributed by atoms with Crippen LogP contribution in [0.4, 0.5) is 0 Å². The van der Waals surface area contributed by atoms with Gasteiger partial charge in [-0.1, -0.05) is 12.1 Å². The van der Waals surface area contributed by atoms with Crippen LogP contribution in [0.2, 0.25) is 0 Å². The van der Waals surface area contributed by atoms with Gasteiger partial charge in [-0.25, -0.2) is 0 Å². The van der Waals surface area contributed by atoms with Gasteiger partial charge in [0.2, 0.25) is 0 Å². The third kappa shape index (κ3) is 5.29. The van der Waals surface area contributed by atoms with Crippen molar-refractivity contribution in [1.82, 2.24) is 10.2 Å². The van der Waals surface area contributed by atoms with Gasteiger partial charge in [-0.15, -0.1) is 0 Å². The monoisotopic (exact) mass is 344 g/mol. The largest absolute Gasteiger partial charge is 0.381 e. The van der Waals surface area contributed by atoms with Gasteiger partial charge in [0.15, 0.2) is 0 Å². The number of hydrogen-bond donors (Lipinski definition) is 1. The molecule has 1 atom stereocenters. The molecular formula is C21H32N2O2. The van der Waals surface area contributed by atoms with Crippen molar-refractivity contribution in [1.29, 1.82) is 0 Å². The average molecular weight is 344 g/mol. The molecule has 1 N–H and O–H groups in total. The average Bonchev–Trinajstić information content (AvgIpc) is 2.68. The topological polar surface area (TPSA) is 41.6 Å². The molecule has 1 aromatic rings. The lowest BCUT2D eigenvalue weighted by Crippen LogP contribution is -2.37. The third-order valence-corrected chi connectivity index (χ3v) is 5.61. The molecule has 0 bridgehead atoms. The Labute approximate surface area is 151 Å². The predicted octanol–water partition coefficient (Wildman–Crippen LogP) is 3.12. The quantitative estimate of drug-likeness (QED) is 0.862. The van der Waals surface area contributed by atoms with Crippen molar-refractivity contribution in [3.05, 3.63) is 35.4 Å². The zero-order valence-corrected chi connectivity index (χ0v) is 15.5. The van der Waals surface area contributed by atoms with Crippen LogP contribution >= 0.6 is 0 Å². The van der Waals surface area contributed by atoms with Crippen molar-refractivity contribution >= 4 is 5.91 Å². The lowest BCUT2D eigenvalue weighted by molar-refractivity contribution is 0.0467. The number of nitrogens with one attached hydrogen (secondary N) is 1. The van der Waals surface area contributed by atoms with E-state index in [1.165, 1.54) is 18.4 Å². The summed E-state index contributed by atoms with van der Waals surface area (Å²) in [5, 5.41) is 3.48. The Morgan fingerprint density at radius 1 is 1.16 bits per heavy atom. The highest BCUT2D eigenvalue weighted by Crippen LogP contribution is 2.19. The molecule has 1 amide bonds. The van der Waals surface area contributed by atoms with Crippen LogP contribution < -0.4 is 5.32 Å². The van der Waals surface area contributed by atoms with E-state index < -0.39 is 0 Å². The normalized spacial score (nSPS) is 21.9. The van der Waals surface area contributed by atoms with Crippen molar-refractivity contribution in [3.63, 3.8) is 0 Å². The van der Waals surface area contributed by atoms with Gasteiger partial charge in [0.1, 0.15) is 0 Å². The molecule has 0 aromatic heterocycles. The van der Waals surface area contributed by atoms with Gasteiger partial charge in [0.05, 0.1) is 0 Å². The minimum Gasteiger partial charge on any atom is -0.381 e. The van der Waals surface area contributed by atoms with Crippen LogP contribution in [0.5, 0.6) is 0 Å². The number of carbonyl (C=O) groups is 1. The fraction of sp³-hybridized carbons (Fsp3) is 0.667. The van der Waals surface area contributed by atoms with E-state index >= 15 is 0 Å². The molecule has 0 spiro atoms. The van der Waals surface area contributed by atoms with E-state index in [1.807, 2.05) is 17.0 Å². The standard InChI is InChI=1S/C21H32N2O2/c1-2-23(16-18-9-12-25-13-10-18)21(24)20-7-5-17(6-8-20)14-19-4-3-11-22-15-19/h5-8,18-19,22H,2-4,9-16H2,1H3. The van der Waals surface area contributed by atoms with Crippen molar-refractivity contribution in [3.8, 4) is 0 Å². The minimum absolute atomic E-state index is 0.167. The van der Waals surface area contributed by atoms with Crippen LogP contribution in [-0.4, -0.2) is 50.2 Å². The van der Waals surface area contributed by atoms with Crippen molar-refractivity contribution in [2.75, 3.05) is 39.4 Å². The van der Waals surface area contributed by atoms with Gasteiger partial charge in [0.25, 0.3) is 5.91 Å². The lowest BCUT2D eigenvalue weighted by atomic mass is 9.92. The highest BCUT2D eigenvalue weighted by atomic mass is 16.5. The Bertz CT molecular complexity index is 531. The second-order valence-electron chi connectivity index (χ2n) is 7.51. The highest BCUT2D eigenvalue weighted by Gasteiger charge is 2.21. The van der Waals surface area contributed by atoms with Crippen molar-refractivity contribution < 1.29 is 9.53 Å². The van der Waals surface area contributed by atoms with Crippen LogP contribution in [0.25, 0.3) is 0 Å². The minimum atomic E-state index is 0.167. The first kappa shape index (κ1) is 18.4. The molecular weight excluding hydrogens is 312 g/mol. The van der Waals surface area contributed by atoms with Gasteiger partial charge in [0, 0.05) is 31.9 Å². The first-order valence-electron chi connectivity index (χ1n) is 9.93. The number of hydrogen-bond acceptors (Lipinski definition) is 3. The Morgan fingerprint density at radius 3 is 2.56 bits per heavy atom. The van der Waals surface area contributed by atoms with E-state index in [0.29, 0.717) is 5.92 Å². The second-order valence-corrected chi connectivity index (χ2v) is 7.51. The molecule has 3 rings (SSSR count). The first-order valence-corrected chi connectivity index (χ1v) is 9.93. The second kappa shape index (κ2) is 9.35. The molecule has 0 saturated carbocycles. The molecule has 4 nitrogen and oxygen atoms in total. The number of ether oxygens (including phenoxy) is 1. The summed E-state index contributed by atoms with van der Waals surface area (Å²) >= 11 is 0. The van der Waals surface area contributed by atoms with Crippen molar-refractivity contribution in [2.45, 2.75) is 39.0 Å². The number of piperidine rings is 1. The zero-order valence-electron chi connectivity index (χ0n) is 15.5. The molecule has 4 heteroatoms. The van der Waals surface area contributed by atoms with E-state index in [2.05, 4.69) is 24.4 Å². The number of carbonyl (C=O) groups excluding carboxylic acids is 1. The Balaban J connectivity index is 1.56. The molecule has 2 heterocycles. The molecule has 138 valence electrons. The summed E-state index contributed by atoms with van der Waals surface area (Å²) in [7, 11) is 0. The summed E-state index contributed by atoms with van der Waals surface area (Å²) in [5.41, 5.74) is 2.16. The maximum Gasteiger partial charge on any atom is 0.253 e. The van der Waals surface area contributed by atoms with Crippen LogP contribution in [0.1, 0.15) is 48.5 Å². The molecule has 2 fully saturated rings. The number of amides is 1. The van der Waals surface area contributed by atoms with E-state index in [-0.39, 0.29) is 5.91 Å². The molecule has 0 radical (unpaired) electrons. The van der Waals surface area contributed by atoms with Gasteiger partial charge >= 0.3 is 0 Å². The number of rotatable bonds is 6. The Morgan fingerprint density at radius 2 is 1.92 bits per heavy atom. The smallest absolute Gasteiger partial charge is 0.253 e. The maximum absolute atomic E-state index is 12.8. The van der Waals surface area contributed by atoms with Crippen LogP contribution in [0.15, 0.2) is 24.3 Å². The molecule has 1 unspecified atom stereocenters. The van der Waals surface area contributed by atoms with Gasteiger partial charge in [-0.2, -0.15) is 0 Å². The summed E-state index contributed by atoms with van der Waals surface area (Å²) in [6.07, 6.45) is 5.83. The SMILES string of the molecule is CCN(CC1CCOCC1)C(=O)c1ccc(CC2CCCNC2)cc1. The van der Waals surface area contributed by atoms with Gasteiger partial charge in [-0.3, -0.25) is 4.79 Å². The third-order valence-electron chi connectivity index (χ3n) is 5.61. The van der Waals surface area contributed by atoms with Gasteiger partial charge < -0.3 is 15.0 Å². The fourth-order valence-electron chi connectivity index (χ4n) is 3.99. The summed E-state index contributed by atoms with van der Waals surface area (Å²) in [5.74, 6) is 1.48. The molecule has 2 aliphatic heterocycles. The molecule has 1 aromatic carbocycles. The Hall–Kier alpha value is -1.39. The number of nitrogens with zero attached hydrogens (tertiary/aromatic N) is 1. The first-order chi connectivity index (χ1) is 12.3. The molecule has 2 aliphatic rings. The Kier molecular flexibility index (Phi) is 6.88. The predicted molar refractivity (Wildman–Crippen MR) is 101 cm³/mol. The molecule has 25 heavy (non-hydrogen) atoms. The fourth-order valence-corrected chi connectivity index (χ4v) is 3.99. The van der Waals surface area contributed by atoms with Gasteiger partial charge in [-0.05, 0) is 81.6 Å². The highest BCUT2D eigenvalue weighted by molar-refractivity contribution is 5.94. The molecule has 0 aliphatic carbocycles. The lowest BCUT2D eigenvalue weighted by Gasteiger charge is -2.29. The summed E-state index contributed by atoms with van der Waals surface area (Å²) in [6, 6.07) is 8.31. The summed E-state index contributed by atoms with van der Waals surface area (Å²) in [6.45, 7) is 7.64. The number of benzene rings is 1. The summed E-state index contributed by atoms with van der Waals surface area (Å²) < 4.78 is 5.43. The zero-order chi connectivity index (χ0) is 17.5. The molecule has 2 saturated heterocycles. The maximum atomic E-state index is 12.8. The van der Waals surface area contributed by atoms with E-state index in [1.54, 1.807) is 0 Å².